The molecule has 0 unspecified atom stereocenters. The second-order valence-corrected chi connectivity index (χ2v) is 11.2. The van der Waals surface area contributed by atoms with Crippen LogP contribution in [-0.2, 0) is 0 Å². The monoisotopic (exact) mass is 575 g/mol. The van der Waals surface area contributed by atoms with Crippen molar-refractivity contribution >= 4 is 40.7 Å². The van der Waals surface area contributed by atoms with E-state index in [0.717, 1.165) is 11.3 Å². The summed E-state index contributed by atoms with van der Waals surface area (Å²) in [5.41, 5.74) is 1.78. The van der Waals surface area contributed by atoms with E-state index >= 15 is 0 Å². The quantitative estimate of drug-likeness (QED) is 0.195. The van der Waals surface area contributed by atoms with Crippen LogP contribution in [0.4, 0.5) is 5.69 Å². The summed E-state index contributed by atoms with van der Waals surface area (Å²) in [5, 5.41) is 0.547. The Labute approximate surface area is 248 Å². The first-order valence-electron chi connectivity index (χ1n) is 13.7. The van der Waals surface area contributed by atoms with Crippen LogP contribution in [0.5, 0.6) is 11.5 Å². The van der Waals surface area contributed by atoms with Gasteiger partial charge in [-0.15, -0.1) is 0 Å². The third-order valence-electron chi connectivity index (χ3n) is 8.84. The Balaban J connectivity index is 1.55. The zero-order valence-corrected chi connectivity index (χ0v) is 23.7. The molecule has 6 nitrogen and oxygen atoms in total. The molecule has 1 fully saturated rings. The number of carbonyl (C=O) groups is 3. The number of hydrogen-bond donors (Lipinski definition) is 0. The molecule has 0 saturated carbocycles. The minimum absolute atomic E-state index is 0.226. The first kappa shape index (κ1) is 26.2. The number of ketones is 3. The number of benzene rings is 4. The van der Waals surface area contributed by atoms with Crippen LogP contribution in [0.2, 0.25) is 5.02 Å². The smallest absolute Gasteiger partial charge is 0.186 e. The lowest BCUT2D eigenvalue weighted by Crippen LogP contribution is -2.48. The van der Waals surface area contributed by atoms with E-state index < -0.39 is 23.4 Å². The van der Waals surface area contributed by atoms with Crippen molar-refractivity contribution in [3.8, 4) is 11.5 Å². The maximum Gasteiger partial charge on any atom is 0.186 e. The molecule has 7 rings (SSSR count). The lowest BCUT2D eigenvalue weighted by molar-refractivity contribution is 0.0665. The second-order valence-electron chi connectivity index (χ2n) is 10.8. The first-order chi connectivity index (χ1) is 20.4. The van der Waals surface area contributed by atoms with Gasteiger partial charge in [0.15, 0.2) is 17.3 Å². The van der Waals surface area contributed by atoms with Gasteiger partial charge < -0.3 is 14.4 Å². The Hall–Kier alpha value is -4.68. The molecule has 0 N–H and O–H groups in total. The van der Waals surface area contributed by atoms with E-state index in [-0.39, 0.29) is 17.3 Å². The summed E-state index contributed by atoms with van der Waals surface area (Å²) in [7, 11) is 3.11. The predicted molar refractivity (Wildman–Crippen MR) is 161 cm³/mol. The molecular formula is C35H26ClNO5. The van der Waals surface area contributed by atoms with Crippen molar-refractivity contribution in [2.75, 3.05) is 19.1 Å². The lowest BCUT2D eigenvalue weighted by atomic mass is 9.64. The fraction of sp³-hybridized carbons (Fsp3) is 0.171. The molecule has 1 spiro atoms. The second kappa shape index (κ2) is 9.71. The van der Waals surface area contributed by atoms with Gasteiger partial charge in [-0.2, -0.15) is 0 Å². The minimum Gasteiger partial charge on any atom is -0.497 e. The zero-order valence-electron chi connectivity index (χ0n) is 22.9. The third-order valence-corrected chi connectivity index (χ3v) is 9.08. The van der Waals surface area contributed by atoms with E-state index in [2.05, 4.69) is 0 Å². The molecule has 0 radical (unpaired) electrons. The van der Waals surface area contributed by atoms with Gasteiger partial charge >= 0.3 is 0 Å². The van der Waals surface area contributed by atoms with Gasteiger partial charge in [-0.1, -0.05) is 72.3 Å². The summed E-state index contributed by atoms with van der Waals surface area (Å²) in [4.78, 5) is 46.2. The van der Waals surface area contributed by atoms with Gasteiger partial charge in [-0.05, 0) is 53.6 Å². The summed E-state index contributed by atoms with van der Waals surface area (Å²) in [5.74, 6) is -0.526. The maximum atomic E-state index is 14.8. The summed E-state index contributed by atoms with van der Waals surface area (Å²) >= 11 is 6.38. The Bertz CT molecular complexity index is 1790. The van der Waals surface area contributed by atoms with E-state index in [1.54, 1.807) is 68.8 Å². The van der Waals surface area contributed by atoms with Crippen LogP contribution >= 0.6 is 11.6 Å². The number of hydrogen-bond acceptors (Lipinski definition) is 6. The SMILES string of the molecule is COc1cccc(C(=O)[C@H]2[C@H](c3cccc(OC)c3)C3(C(=O)c4ccccc4C3=O)[C@H]3C=Cc4cc(Cl)ccc4N23)c1. The summed E-state index contributed by atoms with van der Waals surface area (Å²) in [6, 6.07) is 25.1. The molecule has 42 heavy (non-hydrogen) atoms. The van der Waals surface area contributed by atoms with Crippen molar-refractivity contribution in [1.29, 1.82) is 0 Å². The van der Waals surface area contributed by atoms with E-state index in [4.69, 9.17) is 21.1 Å². The van der Waals surface area contributed by atoms with Crippen molar-refractivity contribution in [1.82, 2.24) is 0 Å². The largest absolute Gasteiger partial charge is 0.497 e. The average Bonchev–Trinajstić information content (AvgIpc) is 3.46. The highest BCUT2D eigenvalue weighted by Gasteiger charge is 2.71. The number of anilines is 1. The van der Waals surface area contributed by atoms with Gasteiger partial charge in [-0.25, -0.2) is 0 Å². The van der Waals surface area contributed by atoms with Crippen LogP contribution < -0.4 is 14.4 Å². The molecule has 1 saturated heterocycles. The number of fused-ring (bicyclic) bond motifs is 5. The molecule has 4 aromatic rings. The molecular weight excluding hydrogens is 550 g/mol. The number of halogens is 1. The molecule has 0 amide bonds. The Morgan fingerprint density at radius 3 is 2.17 bits per heavy atom. The molecule has 2 aliphatic heterocycles. The molecule has 4 aromatic carbocycles. The van der Waals surface area contributed by atoms with E-state index in [1.807, 2.05) is 53.5 Å². The van der Waals surface area contributed by atoms with Crippen molar-refractivity contribution < 1.29 is 23.9 Å². The predicted octanol–water partition coefficient (Wildman–Crippen LogP) is 6.67. The fourth-order valence-corrected chi connectivity index (χ4v) is 7.28. The number of methoxy groups -OCH3 is 2. The molecule has 1 aliphatic carbocycles. The number of Topliss-reactive ketones (excluding diaryl/α,β-unsaturated/α-hetero) is 3. The number of ether oxygens (including phenoxy) is 2. The van der Waals surface area contributed by atoms with Crippen LogP contribution in [-0.4, -0.2) is 43.7 Å². The first-order valence-corrected chi connectivity index (χ1v) is 14.0. The van der Waals surface area contributed by atoms with E-state index in [0.29, 0.717) is 38.8 Å². The maximum absolute atomic E-state index is 14.8. The number of nitrogens with zero attached hydrogens (tertiary/aromatic N) is 1. The highest BCUT2D eigenvalue weighted by atomic mass is 35.5. The Kier molecular flexibility index (Phi) is 6.06. The zero-order chi connectivity index (χ0) is 29.2. The topological polar surface area (TPSA) is 72.9 Å². The lowest BCUT2D eigenvalue weighted by Gasteiger charge is -2.37. The normalized spacial score (nSPS) is 21.2. The van der Waals surface area contributed by atoms with E-state index in [1.165, 1.54) is 0 Å². The van der Waals surface area contributed by atoms with Gasteiger partial charge in [0, 0.05) is 33.3 Å². The standard InChI is InChI=1S/C35H26ClNO5/c1-41-24-9-5-7-21(18-24)30-31(32(38)22-8-6-10-25(19-22)42-2)37-28-15-14-23(36)17-20(28)13-16-29(37)35(30)33(39)26-11-3-4-12-27(26)34(35)40/h3-19,29-31H,1-2H3/t29-,30+,31-/m1/s1. The minimum atomic E-state index is -1.59. The average molecular weight is 576 g/mol. The summed E-state index contributed by atoms with van der Waals surface area (Å²) < 4.78 is 11.0. The van der Waals surface area contributed by atoms with Gasteiger partial charge in [0.05, 0.1) is 20.3 Å². The third kappa shape index (κ3) is 3.55. The molecule has 208 valence electrons. The Morgan fingerprint density at radius 1 is 0.810 bits per heavy atom. The fourth-order valence-electron chi connectivity index (χ4n) is 7.10. The van der Waals surface area contributed by atoms with Crippen LogP contribution in [0.15, 0.2) is 97.1 Å². The Morgan fingerprint density at radius 2 is 1.48 bits per heavy atom. The molecule has 0 bridgehead atoms. The van der Waals surface area contributed by atoms with Gasteiger partial charge in [0.2, 0.25) is 0 Å². The summed E-state index contributed by atoms with van der Waals surface area (Å²) in [6.45, 7) is 0. The highest BCUT2D eigenvalue weighted by molar-refractivity contribution is 6.32. The number of carbonyl (C=O) groups excluding carboxylic acids is 3. The molecule has 0 aromatic heterocycles. The highest BCUT2D eigenvalue weighted by Crippen LogP contribution is 2.61. The molecule has 3 atom stereocenters. The molecule has 2 heterocycles. The van der Waals surface area contributed by atoms with Crippen LogP contribution in [0.1, 0.15) is 48.1 Å². The van der Waals surface area contributed by atoms with Crippen molar-refractivity contribution in [2.24, 2.45) is 5.41 Å². The summed E-state index contributed by atoms with van der Waals surface area (Å²) in [6.07, 6.45) is 3.78. The van der Waals surface area contributed by atoms with Crippen molar-refractivity contribution in [2.45, 2.75) is 18.0 Å². The van der Waals surface area contributed by atoms with Gasteiger partial charge in [0.25, 0.3) is 0 Å². The van der Waals surface area contributed by atoms with Crippen molar-refractivity contribution in [3.05, 3.63) is 130 Å². The van der Waals surface area contributed by atoms with Gasteiger partial charge in [-0.3, -0.25) is 14.4 Å². The van der Waals surface area contributed by atoms with Crippen LogP contribution in [0, 0.1) is 5.41 Å². The van der Waals surface area contributed by atoms with Crippen LogP contribution in [0.25, 0.3) is 6.08 Å². The van der Waals surface area contributed by atoms with Crippen LogP contribution in [0.3, 0.4) is 0 Å². The van der Waals surface area contributed by atoms with Crippen molar-refractivity contribution in [3.63, 3.8) is 0 Å². The molecule has 3 aliphatic rings. The number of rotatable bonds is 5. The molecule has 7 heteroatoms. The van der Waals surface area contributed by atoms with E-state index in [9.17, 15) is 14.4 Å². The van der Waals surface area contributed by atoms with Gasteiger partial charge in [0.1, 0.15) is 23.0 Å².